The second-order valence-corrected chi connectivity index (χ2v) is 6.03. The van der Waals surface area contributed by atoms with E-state index in [4.69, 9.17) is 0 Å². The Morgan fingerprint density at radius 3 is 2.06 bits per heavy atom. The monoisotopic (exact) mass is 293 g/mol. The molecule has 90 valence electrons. The summed E-state index contributed by atoms with van der Waals surface area (Å²) in [4.78, 5) is 0. The van der Waals surface area contributed by atoms with Gasteiger partial charge in [0.2, 0.25) is 0 Å². The Bertz CT molecular complexity index is 451. The molecule has 17 heavy (non-hydrogen) atoms. The van der Waals surface area contributed by atoms with Gasteiger partial charge in [-0.15, -0.1) is 0 Å². The van der Waals surface area contributed by atoms with Gasteiger partial charge in [-0.1, -0.05) is 36.7 Å². The van der Waals surface area contributed by atoms with Crippen LogP contribution in [0.15, 0.2) is 39.0 Å². The number of benzene rings is 1. The van der Waals surface area contributed by atoms with Crippen LogP contribution in [0.4, 0.5) is 5.69 Å². The SMILES string of the molecule is CC(C)(C)C(C)(C#N)N=Nc1ccc(Br)cc1. The fourth-order valence-electron chi connectivity index (χ4n) is 1.01. The van der Waals surface area contributed by atoms with E-state index in [1.54, 1.807) is 6.92 Å². The van der Waals surface area contributed by atoms with Crippen molar-refractivity contribution in [1.82, 2.24) is 0 Å². The van der Waals surface area contributed by atoms with E-state index in [2.05, 4.69) is 32.2 Å². The first-order valence-electron chi connectivity index (χ1n) is 5.38. The Labute approximate surface area is 111 Å². The van der Waals surface area contributed by atoms with E-state index >= 15 is 0 Å². The number of nitrogens with zero attached hydrogens (tertiary/aromatic N) is 3. The molecule has 1 unspecified atom stereocenters. The number of nitriles is 1. The number of halogens is 1. The van der Waals surface area contributed by atoms with Gasteiger partial charge in [0.25, 0.3) is 0 Å². The molecule has 0 saturated heterocycles. The van der Waals surface area contributed by atoms with Gasteiger partial charge < -0.3 is 0 Å². The Morgan fingerprint density at radius 2 is 1.65 bits per heavy atom. The maximum absolute atomic E-state index is 9.23. The Hall–Kier alpha value is -1.21. The van der Waals surface area contributed by atoms with Gasteiger partial charge in [-0.2, -0.15) is 15.5 Å². The molecule has 1 aromatic carbocycles. The fourth-order valence-corrected chi connectivity index (χ4v) is 1.27. The molecule has 1 rings (SSSR count). The average molecular weight is 294 g/mol. The highest BCUT2D eigenvalue weighted by Crippen LogP contribution is 2.34. The molecule has 0 aliphatic heterocycles. The lowest BCUT2D eigenvalue weighted by atomic mass is 9.77. The Kier molecular flexibility index (Phi) is 4.05. The molecule has 0 heterocycles. The summed E-state index contributed by atoms with van der Waals surface area (Å²) in [5.74, 6) is 0. The molecular formula is C13H16BrN3. The van der Waals surface area contributed by atoms with Crippen LogP contribution < -0.4 is 0 Å². The van der Waals surface area contributed by atoms with Crippen molar-refractivity contribution < 1.29 is 0 Å². The van der Waals surface area contributed by atoms with Crippen molar-refractivity contribution in [1.29, 1.82) is 5.26 Å². The minimum absolute atomic E-state index is 0.249. The van der Waals surface area contributed by atoms with Crippen LogP contribution in [0.1, 0.15) is 27.7 Å². The van der Waals surface area contributed by atoms with Crippen LogP contribution in [0.5, 0.6) is 0 Å². The molecule has 0 spiro atoms. The highest BCUT2D eigenvalue weighted by molar-refractivity contribution is 9.10. The van der Waals surface area contributed by atoms with Crippen molar-refractivity contribution in [3.63, 3.8) is 0 Å². The smallest absolute Gasteiger partial charge is 0.169 e. The molecule has 0 aliphatic carbocycles. The van der Waals surface area contributed by atoms with Crippen LogP contribution in [-0.2, 0) is 0 Å². The lowest BCUT2D eigenvalue weighted by Gasteiger charge is -2.30. The maximum Gasteiger partial charge on any atom is 0.169 e. The van der Waals surface area contributed by atoms with Gasteiger partial charge in [0.05, 0.1) is 11.8 Å². The van der Waals surface area contributed by atoms with Gasteiger partial charge in [-0.25, -0.2) is 0 Å². The van der Waals surface area contributed by atoms with Crippen LogP contribution in [-0.4, -0.2) is 5.54 Å². The van der Waals surface area contributed by atoms with Gasteiger partial charge >= 0.3 is 0 Å². The highest BCUT2D eigenvalue weighted by Gasteiger charge is 2.38. The summed E-state index contributed by atoms with van der Waals surface area (Å²) >= 11 is 3.36. The van der Waals surface area contributed by atoms with Crippen molar-refractivity contribution >= 4 is 21.6 Å². The Balaban J connectivity index is 2.97. The van der Waals surface area contributed by atoms with E-state index in [1.165, 1.54) is 0 Å². The molecule has 1 atom stereocenters. The molecule has 0 amide bonds. The van der Waals surface area contributed by atoms with Gasteiger partial charge in [0, 0.05) is 9.89 Å². The summed E-state index contributed by atoms with van der Waals surface area (Å²) in [7, 11) is 0. The van der Waals surface area contributed by atoms with E-state index in [1.807, 2.05) is 45.0 Å². The highest BCUT2D eigenvalue weighted by atomic mass is 79.9. The average Bonchev–Trinajstić information content (AvgIpc) is 2.26. The first-order chi connectivity index (χ1) is 7.78. The summed E-state index contributed by atoms with van der Waals surface area (Å²) in [5, 5.41) is 17.6. The molecule has 0 saturated carbocycles. The molecular weight excluding hydrogens is 278 g/mol. The van der Waals surface area contributed by atoms with Crippen LogP contribution in [0.25, 0.3) is 0 Å². The van der Waals surface area contributed by atoms with Crippen LogP contribution in [0.2, 0.25) is 0 Å². The van der Waals surface area contributed by atoms with Crippen LogP contribution >= 0.6 is 15.9 Å². The van der Waals surface area contributed by atoms with Crippen molar-refractivity contribution in [3.05, 3.63) is 28.7 Å². The van der Waals surface area contributed by atoms with Crippen LogP contribution in [0, 0.1) is 16.7 Å². The molecule has 0 fully saturated rings. The second kappa shape index (κ2) is 4.97. The van der Waals surface area contributed by atoms with Gasteiger partial charge in [-0.3, -0.25) is 0 Å². The minimum atomic E-state index is -0.819. The number of hydrogen-bond acceptors (Lipinski definition) is 3. The summed E-state index contributed by atoms with van der Waals surface area (Å²) in [6.45, 7) is 7.75. The van der Waals surface area contributed by atoms with E-state index < -0.39 is 5.54 Å². The first-order valence-corrected chi connectivity index (χ1v) is 6.17. The predicted molar refractivity (Wildman–Crippen MR) is 72.1 cm³/mol. The lowest BCUT2D eigenvalue weighted by Crippen LogP contribution is -2.35. The Morgan fingerprint density at radius 1 is 1.12 bits per heavy atom. The van der Waals surface area contributed by atoms with E-state index in [-0.39, 0.29) is 5.41 Å². The normalized spacial score (nSPS) is 15.5. The second-order valence-electron chi connectivity index (χ2n) is 5.11. The fraction of sp³-hybridized carbons (Fsp3) is 0.462. The summed E-state index contributed by atoms with van der Waals surface area (Å²) in [6.07, 6.45) is 0. The molecule has 0 N–H and O–H groups in total. The third-order valence-electron chi connectivity index (χ3n) is 2.87. The largest absolute Gasteiger partial charge is 0.196 e. The molecule has 4 heteroatoms. The van der Waals surface area contributed by atoms with Gasteiger partial charge in [-0.05, 0) is 31.2 Å². The first kappa shape index (κ1) is 13.9. The summed E-state index contributed by atoms with van der Waals surface area (Å²) in [5.41, 5.74) is -0.320. The number of hydrogen-bond donors (Lipinski definition) is 0. The third-order valence-corrected chi connectivity index (χ3v) is 3.40. The molecule has 0 radical (unpaired) electrons. The van der Waals surface area contributed by atoms with Crippen LogP contribution in [0.3, 0.4) is 0 Å². The molecule has 0 aliphatic rings. The van der Waals surface area contributed by atoms with E-state index in [0.717, 1.165) is 10.2 Å². The van der Waals surface area contributed by atoms with Crippen molar-refractivity contribution in [2.75, 3.05) is 0 Å². The predicted octanol–water partition coefficient (Wildman–Crippen LogP) is 4.86. The van der Waals surface area contributed by atoms with Crippen molar-refractivity contribution in [2.24, 2.45) is 15.6 Å². The standard InChI is InChI=1S/C13H16BrN3/c1-12(2,3)13(4,9-15)17-16-11-7-5-10(14)6-8-11/h5-8H,1-4H3. The van der Waals surface area contributed by atoms with Crippen molar-refractivity contribution in [3.8, 4) is 6.07 Å². The molecule has 0 bridgehead atoms. The summed E-state index contributed by atoms with van der Waals surface area (Å²) < 4.78 is 0.996. The van der Waals surface area contributed by atoms with E-state index in [0.29, 0.717) is 0 Å². The van der Waals surface area contributed by atoms with Crippen molar-refractivity contribution in [2.45, 2.75) is 33.2 Å². The molecule has 0 aromatic heterocycles. The molecule has 3 nitrogen and oxygen atoms in total. The quantitative estimate of drug-likeness (QED) is 0.718. The molecule has 1 aromatic rings. The van der Waals surface area contributed by atoms with Gasteiger partial charge in [0.15, 0.2) is 5.54 Å². The summed E-state index contributed by atoms with van der Waals surface area (Å²) in [6, 6.07) is 9.74. The number of rotatable bonds is 2. The maximum atomic E-state index is 9.23. The van der Waals surface area contributed by atoms with Gasteiger partial charge in [0.1, 0.15) is 0 Å². The zero-order valence-electron chi connectivity index (χ0n) is 10.5. The third kappa shape index (κ3) is 3.37. The zero-order chi connectivity index (χ0) is 13.1. The number of azo groups is 1. The zero-order valence-corrected chi connectivity index (χ0v) is 12.1. The van der Waals surface area contributed by atoms with E-state index in [9.17, 15) is 5.26 Å². The lowest BCUT2D eigenvalue weighted by molar-refractivity contribution is 0.263. The minimum Gasteiger partial charge on any atom is -0.196 e. The topological polar surface area (TPSA) is 48.5 Å².